The summed E-state index contributed by atoms with van der Waals surface area (Å²) in [5.41, 5.74) is 1.25. The molecule has 0 unspecified atom stereocenters. The quantitative estimate of drug-likeness (QED) is 0.767. The first-order valence-corrected chi connectivity index (χ1v) is 5.57. The minimum Gasteiger partial charge on any atom is -0.492 e. The van der Waals surface area contributed by atoms with E-state index in [0.717, 1.165) is 18.7 Å². The summed E-state index contributed by atoms with van der Waals surface area (Å²) >= 11 is 6.08. The van der Waals surface area contributed by atoms with Gasteiger partial charge in [0, 0.05) is 6.54 Å². The first-order valence-electron chi connectivity index (χ1n) is 5.19. The SMILES string of the molecule is CCOc1ccc(CCN(C)C)cc1Cl. The summed E-state index contributed by atoms with van der Waals surface area (Å²) < 4.78 is 5.37. The van der Waals surface area contributed by atoms with Crippen LogP contribution in [0.4, 0.5) is 0 Å². The maximum absolute atomic E-state index is 6.08. The second-order valence-corrected chi connectivity index (χ2v) is 4.16. The van der Waals surface area contributed by atoms with Crippen molar-refractivity contribution in [3.8, 4) is 5.75 Å². The Morgan fingerprint density at radius 1 is 1.33 bits per heavy atom. The van der Waals surface area contributed by atoms with E-state index < -0.39 is 0 Å². The summed E-state index contributed by atoms with van der Waals surface area (Å²) in [4.78, 5) is 2.16. The van der Waals surface area contributed by atoms with Crippen molar-refractivity contribution in [2.75, 3.05) is 27.2 Å². The van der Waals surface area contributed by atoms with Gasteiger partial charge in [0.2, 0.25) is 0 Å². The van der Waals surface area contributed by atoms with Crippen molar-refractivity contribution in [3.05, 3.63) is 28.8 Å². The summed E-state index contributed by atoms with van der Waals surface area (Å²) in [6.07, 6.45) is 1.01. The first-order chi connectivity index (χ1) is 7.13. The van der Waals surface area contributed by atoms with Gasteiger partial charge >= 0.3 is 0 Å². The normalized spacial score (nSPS) is 10.7. The van der Waals surface area contributed by atoms with E-state index in [1.807, 2.05) is 19.1 Å². The zero-order valence-electron chi connectivity index (χ0n) is 9.59. The predicted molar refractivity (Wildman–Crippen MR) is 64.9 cm³/mol. The van der Waals surface area contributed by atoms with Crippen molar-refractivity contribution in [1.82, 2.24) is 4.90 Å². The Kier molecular flexibility index (Phi) is 4.92. The molecule has 0 radical (unpaired) electrons. The molecule has 0 aliphatic heterocycles. The molecule has 0 saturated carbocycles. The monoisotopic (exact) mass is 227 g/mol. The van der Waals surface area contributed by atoms with Crippen LogP contribution in [-0.2, 0) is 6.42 Å². The standard InChI is InChI=1S/C12H18ClNO/c1-4-15-12-6-5-10(9-11(12)13)7-8-14(2)3/h5-6,9H,4,7-8H2,1-3H3. The summed E-state index contributed by atoms with van der Waals surface area (Å²) in [5.74, 6) is 0.771. The van der Waals surface area contributed by atoms with Gasteiger partial charge in [-0.25, -0.2) is 0 Å². The Labute approximate surface area is 96.8 Å². The Morgan fingerprint density at radius 2 is 2.07 bits per heavy atom. The Morgan fingerprint density at radius 3 is 2.60 bits per heavy atom. The molecule has 0 bridgehead atoms. The predicted octanol–water partition coefficient (Wildman–Crippen LogP) is 2.84. The molecule has 84 valence electrons. The van der Waals surface area contributed by atoms with E-state index >= 15 is 0 Å². The second kappa shape index (κ2) is 5.99. The van der Waals surface area contributed by atoms with E-state index in [0.29, 0.717) is 11.6 Å². The number of nitrogens with zero attached hydrogens (tertiary/aromatic N) is 1. The molecule has 0 fully saturated rings. The van der Waals surface area contributed by atoms with Crippen molar-refractivity contribution in [1.29, 1.82) is 0 Å². The van der Waals surface area contributed by atoms with Gasteiger partial charge in [-0.15, -0.1) is 0 Å². The number of likely N-dealkylation sites (N-methyl/N-ethyl adjacent to an activating group) is 1. The van der Waals surface area contributed by atoms with E-state index in [-0.39, 0.29) is 0 Å². The minimum atomic E-state index is 0.650. The maximum Gasteiger partial charge on any atom is 0.137 e. The number of ether oxygens (including phenoxy) is 1. The third kappa shape index (κ3) is 4.10. The van der Waals surface area contributed by atoms with Crippen molar-refractivity contribution >= 4 is 11.6 Å². The van der Waals surface area contributed by atoms with E-state index in [4.69, 9.17) is 16.3 Å². The fraction of sp³-hybridized carbons (Fsp3) is 0.500. The lowest BCUT2D eigenvalue weighted by Gasteiger charge is -2.11. The molecule has 0 amide bonds. The second-order valence-electron chi connectivity index (χ2n) is 3.75. The largest absolute Gasteiger partial charge is 0.492 e. The summed E-state index contributed by atoms with van der Waals surface area (Å²) in [6.45, 7) is 3.64. The third-order valence-corrected chi connectivity index (χ3v) is 2.44. The molecule has 0 atom stereocenters. The molecular formula is C12H18ClNO. The number of halogens is 1. The number of benzene rings is 1. The van der Waals surface area contributed by atoms with Gasteiger partial charge in [-0.2, -0.15) is 0 Å². The molecule has 1 rings (SSSR count). The highest BCUT2D eigenvalue weighted by atomic mass is 35.5. The van der Waals surface area contributed by atoms with Crippen molar-refractivity contribution in [2.24, 2.45) is 0 Å². The molecule has 15 heavy (non-hydrogen) atoms. The smallest absolute Gasteiger partial charge is 0.137 e. The molecule has 0 spiro atoms. The van der Waals surface area contributed by atoms with Gasteiger partial charge in [0.05, 0.1) is 11.6 Å². The van der Waals surface area contributed by atoms with E-state index in [1.165, 1.54) is 5.56 Å². The van der Waals surface area contributed by atoms with Crippen molar-refractivity contribution in [2.45, 2.75) is 13.3 Å². The van der Waals surface area contributed by atoms with Gasteiger partial charge in [0.1, 0.15) is 5.75 Å². The Bertz CT molecular complexity index is 312. The fourth-order valence-electron chi connectivity index (χ4n) is 1.33. The van der Waals surface area contributed by atoms with Gasteiger partial charge in [-0.1, -0.05) is 17.7 Å². The van der Waals surface area contributed by atoms with Crippen LogP contribution >= 0.6 is 11.6 Å². The lowest BCUT2D eigenvalue weighted by molar-refractivity contribution is 0.340. The minimum absolute atomic E-state index is 0.650. The van der Waals surface area contributed by atoms with E-state index in [1.54, 1.807) is 0 Å². The van der Waals surface area contributed by atoms with Crippen LogP contribution in [0.1, 0.15) is 12.5 Å². The van der Waals surface area contributed by atoms with Crippen LogP contribution in [-0.4, -0.2) is 32.1 Å². The third-order valence-electron chi connectivity index (χ3n) is 2.14. The summed E-state index contributed by atoms with van der Waals surface area (Å²) in [7, 11) is 4.13. The molecule has 1 aromatic rings. The van der Waals surface area contributed by atoms with Gasteiger partial charge in [0.25, 0.3) is 0 Å². The van der Waals surface area contributed by atoms with Crippen LogP contribution in [0, 0.1) is 0 Å². The van der Waals surface area contributed by atoms with Crippen LogP contribution in [0.3, 0.4) is 0 Å². The van der Waals surface area contributed by atoms with Crippen LogP contribution in [0.5, 0.6) is 5.75 Å². The number of hydrogen-bond acceptors (Lipinski definition) is 2. The zero-order chi connectivity index (χ0) is 11.3. The average Bonchev–Trinajstić information content (AvgIpc) is 2.19. The fourth-order valence-corrected chi connectivity index (χ4v) is 1.58. The van der Waals surface area contributed by atoms with E-state index in [2.05, 4.69) is 25.1 Å². The van der Waals surface area contributed by atoms with Crippen LogP contribution in [0.2, 0.25) is 5.02 Å². The molecular weight excluding hydrogens is 210 g/mol. The number of rotatable bonds is 5. The molecule has 0 aliphatic carbocycles. The highest BCUT2D eigenvalue weighted by Crippen LogP contribution is 2.25. The molecule has 2 nitrogen and oxygen atoms in total. The van der Waals surface area contributed by atoms with Gasteiger partial charge in [-0.05, 0) is 45.1 Å². The lowest BCUT2D eigenvalue weighted by atomic mass is 10.1. The molecule has 0 aliphatic rings. The van der Waals surface area contributed by atoms with Gasteiger partial charge in [0.15, 0.2) is 0 Å². The molecule has 3 heteroatoms. The summed E-state index contributed by atoms with van der Waals surface area (Å²) in [6, 6.07) is 5.99. The van der Waals surface area contributed by atoms with Gasteiger partial charge < -0.3 is 9.64 Å². The Balaban J connectivity index is 2.64. The first kappa shape index (κ1) is 12.3. The lowest BCUT2D eigenvalue weighted by Crippen LogP contribution is -2.15. The maximum atomic E-state index is 6.08. The van der Waals surface area contributed by atoms with Gasteiger partial charge in [-0.3, -0.25) is 0 Å². The highest BCUT2D eigenvalue weighted by molar-refractivity contribution is 6.32. The van der Waals surface area contributed by atoms with Crippen LogP contribution < -0.4 is 4.74 Å². The molecule has 0 N–H and O–H groups in total. The summed E-state index contributed by atoms with van der Waals surface area (Å²) in [5, 5.41) is 0.702. The molecule has 0 aromatic heterocycles. The van der Waals surface area contributed by atoms with E-state index in [9.17, 15) is 0 Å². The molecule has 1 aromatic carbocycles. The topological polar surface area (TPSA) is 12.5 Å². The average molecular weight is 228 g/mol. The number of hydrogen-bond donors (Lipinski definition) is 0. The molecule has 0 heterocycles. The Hall–Kier alpha value is -0.730. The molecule has 0 saturated heterocycles. The van der Waals surface area contributed by atoms with Crippen molar-refractivity contribution in [3.63, 3.8) is 0 Å². The van der Waals surface area contributed by atoms with Crippen molar-refractivity contribution < 1.29 is 4.74 Å². The van der Waals surface area contributed by atoms with Crippen LogP contribution in [0.25, 0.3) is 0 Å². The van der Waals surface area contributed by atoms with Crippen LogP contribution in [0.15, 0.2) is 18.2 Å². The zero-order valence-corrected chi connectivity index (χ0v) is 10.3. The highest BCUT2D eigenvalue weighted by Gasteiger charge is 2.02.